The molecule has 0 aliphatic rings. The summed E-state index contributed by atoms with van der Waals surface area (Å²) in [5, 5.41) is 8.79. The Kier molecular flexibility index (Phi) is 5.87. The molecule has 1 aromatic heterocycles. The van der Waals surface area contributed by atoms with Crippen LogP contribution < -0.4 is 5.32 Å². The van der Waals surface area contributed by atoms with Crippen molar-refractivity contribution >= 4 is 11.6 Å². The zero-order valence-corrected chi connectivity index (χ0v) is 13.9. The van der Waals surface area contributed by atoms with Crippen LogP contribution in [0.15, 0.2) is 0 Å². The van der Waals surface area contributed by atoms with Crippen LogP contribution in [0.1, 0.15) is 45.5 Å². The van der Waals surface area contributed by atoms with E-state index in [1.807, 2.05) is 18.7 Å². The lowest BCUT2D eigenvalue weighted by Gasteiger charge is -2.34. The highest BCUT2D eigenvalue weighted by Gasteiger charge is 2.30. The van der Waals surface area contributed by atoms with Gasteiger partial charge in [0.1, 0.15) is 0 Å². The van der Waals surface area contributed by atoms with E-state index in [0.29, 0.717) is 5.92 Å². The van der Waals surface area contributed by atoms with Gasteiger partial charge in [-0.25, -0.2) is 0 Å². The van der Waals surface area contributed by atoms with E-state index < -0.39 is 0 Å². The van der Waals surface area contributed by atoms with Gasteiger partial charge in [0.15, 0.2) is 0 Å². The molecule has 0 aromatic carbocycles. The zero-order valence-electron chi connectivity index (χ0n) is 13.2. The molecule has 0 radical (unpaired) electrons. The Hall–Kier alpha value is -0.540. The van der Waals surface area contributed by atoms with Gasteiger partial charge in [-0.3, -0.25) is 4.68 Å². The summed E-state index contributed by atoms with van der Waals surface area (Å²) in [5.74, 6) is 0.586. The summed E-state index contributed by atoms with van der Waals surface area (Å²) in [7, 11) is 1.98. The van der Waals surface area contributed by atoms with Gasteiger partial charge in [-0.1, -0.05) is 39.3 Å². The van der Waals surface area contributed by atoms with Gasteiger partial charge in [0.2, 0.25) is 0 Å². The van der Waals surface area contributed by atoms with Crippen molar-refractivity contribution in [3.63, 3.8) is 0 Å². The zero-order chi connectivity index (χ0) is 14.6. The first-order chi connectivity index (χ1) is 8.81. The van der Waals surface area contributed by atoms with Crippen LogP contribution in [0.3, 0.4) is 0 Å². The van der Waals surface area contributed by atoms with Crippen molar-refractivity contribution in [3.8, 4) is 0 Å². The van der Waals surface area contributed by atoms with E-state index >= 15 is 0 Å². The van der Waals surface area contributed by atoms with Gasteiger partial charge in [-0.15, -0.1) is 0 Å². The third-order valence-corrected chi connectivity index (χ3v) is 4.67. The average Bonchev–Trinajstić information content (AvgIpc) is 2.56. The minimum absolute atomic E-state index is 0.193. The lowest BCUT2D eigenvalue weighted by molar-refractivity contribution is 0.203. The van der Waals surface area contributed by atoms with Crippen molar-refractivity contribution in [1.82, 2.24) is 15.1 Å². The lowest BCUT2D eigenvalue weighted by Crippen LogP contribution is -2.38. The van der Waals surface area contributed by atoms with Crippen molar-refractivity contribution < 1.29 is 0 Å². The molecule has 3 nitrogen and oxygen atoms in total. The highest BCUT2D eigenvalue weighted by Crippen LogP contribution is 2.33. The monoisotopic (exact) mass is 285 g/mol. The number of aromatic nitrogens is 2. The molecule has 1 rings (SSSR count). The maximum atomic E-state index is 6.38. The summed E-state index contributed by atoms with van der Waals surface area (Å²) in [4.78, 5) is 0. The van der Waals surface area contributed by atoms with Gasteiger partial charge in [0, 0.05) is 13.6 Å². The van der Waals surface area contributed by atoms with Gasteiger partial charge < -0.3 is 5.32 Å². The number of halogens is 1. The molecule has 0 saturated carbocycles. The van der Waals surface area contributed by atoms with Gasteiger partial charge in [-0.05, 0) is 37.6 Å². The normalized spacial score (nSPS) is 14.9. The molecule has 0 amide bonds. The van der Waals surface area contributed by atoms with Crippen molar-refractivity contribution in [3.05, 3.63) is 16.4 Å². The predicted molar refractivity (Wildman–Crippen MR) is 82.8 cm³/mol. The fourth-order valence-corrected chi connectivity index (χ4v) is 2.50. The molecule has 1 aromatic rings. The Labute approximate surface area is 122 Å². The number of nitrogens with zero attached hydrogens (tertiary/aromatic N) is 2. The molecule has 1 unspecified atom stereocenters. The van der Waals surface area contributed by atoms with E-state index in [4.69, 9.17) is 11.6 Å². The second-order valence-electron chi connectivity index (χ2n) is 6.13. The summed E-state index contributed by atoms with van der Waals surface area (Å²) in [6, 6.07) is 0. The number of aryl methyl sites for hydroxylation is 2. The van der Waals surface area contributed by atoms with Crippen molar-refractivity contribution in [2.75, 3.05) is 13.1 Å². The molecule has 0 aliphatic heterocycles. The van der Waals surface area contributed by atoms with E-state index in [0.717, 1.165) is 35.9 Å². The summed E-state index contributed by atoms with van der Waals surface area (Å²) < 4.78 is 1.93. The summed E-state index contributed by atoms with van der Waals surface area (Å²) in [6.07, 6.45) is 2.12. The SMILES string of the molecule is CCCNCC(C)(Cc1c(Cl)c(C)nn1C)C(C)C. The maximum absolute atomic E-state index is 6.38. The van der Waals surface area contributed by atoms with E-state index in [2.05, 4.69) is 38.1 Å². The van der Waals surface area contributed by atoms with E-state index in [-0.39, 0.29) is 5.41 Å². The van der Waals surface area contributed by atoms with E-state index in [1.165, 1.54) is 6.42 Å². The number of hydrogen-bond acceptors (Lipinski definition) is 2. The molecule has 0 saturated heterocycles. The van der Waals surface area contributed by atoms with Gasteiger partial charge in [0.05, 0.1) is 16.4 Å². The van der Waals surface area contributed by atoms with Crippen LogP contribution in [0.2, 0.25) is 5.02 Å². The molecule has 1 heterocycles. The second kappa shape index (κ2) is 6.76. The summed E-state index contributed by atoms with van der Waals surface area (Å²) in [5.41, 5.74) is 2.26. The fourth-order valence-electron chi connectivity index (χ4n) is 2.28. The quantitative estimate of drug-likeness (QED) is 0.776. The average molecular weight is 286 g/mol. The predicted octanol–water partition coefficient (Wildman–Crippen LogP) is 3.59. The number of hydrogen-bond donors (Lipinski definition) is 1. The first-order valence-corrected chi connectivity index (χ1v) is 7.58. The minimum atomic E-state index is 0.193. The van der Waals surface area contributed by atoms with Crippen LogP contribution in [0.25, 0.3) is 0 Å². The first kappa shape index (κ1) is 16.5. The Morgan fingerprint density at radius 1 is 1.42 bits per heavy atom. The largest absolute Gasteiger partial charge is 0.316 e. The van der Waals surface area contributed by atoms with Crippen molar-refractivity contribution in [2.45, 2.75) is 47.5 Å². The third-order valence-electron chi connectivity index (χ3n) is 4.18. The Balaban J connectivity index is 2.88. The number of nitrogens with one attached hydrogen (secondary N) is 1. The standard InChI is InChI=1S/C15H28ClN3/c1-7-8-17-10-15(5,11(2)3)9-13-14(16)12(4)18-19(13)6/h11,17H,7-10H2,1-6H3. The molecule has 19 heavy (non-hydrogen) atoms. The van der Waals surface area contributed by atoms with Crippen LogP contribution in [-0.4, -0.2) is 22.9 Å². The van der Waals surface area contributed by atoms with Gasteiger partial charge in [0.25, 0.3) is 0 Å². The van der Waals surface area contributed by atoms with Crippen LogP contribution in [0.4, 0.5) is 0 Å². The molecule has 0 aliphatic carbocycles. The van der Waals surface area contributed by atoms with Gasteiger partial charge in [-0.2, -0.15) is 5.10 Å². The topological polar surface area (TPSA) is 29.9 Å². The molecular weight excluding hydrogens is 258 g/mol. The van der Waals surface area contributed by atoms with Gasteiger partial charge >= 0.3 is 0 Å². The van der Waals surface area contributed by atoms with Crippen LogP contribution >= 0.6 is 11.6 Å². The van der Waals surface area contributed by atoms with Crippen molar-refractivity contribution in [2.24, 2.45) is 18.4 Å². The fraction of sp³-hybridized carbons (Fsp3) is 0.800. The molecule has 4 heteroatoms. The molecular formula is C15H28ClN3. The van der Waals surface area contributed by atoms with Crippen LogP contribution in [0, 0.1) is 18.3 Å². The highest BCUT2D eigenvalue weighted by molar-refractivity contribution is 6.31. The smallest absolute Gasteiger partial charge is 0.0847 e. The van der Waals surface area contributed by atoms with E-state index in [1.54, 1.807) is 0 Å². The molecule has 0 spiro atoms. The van der Waals surface area contributed by atoms with E-state index in [9.17, 15) is 0 Å². The van der Waals surface area contributed by atoms with Crippen LogP contribution in [-0.2, 0) is 13.5 Å². The Morgan fingerprint density at radius 2 is 2.05 bits per heavy atom. The number of rotatable bonds is 7. The molecule has 1 atom stereocenters. The lowest BCUT2D eigenvalue weighted by atomic mass is 9.75. The Morgan fingerprint density at radius 3 is 2.47 bits per heavy atom. The molecule has 0 bridgehead atoms. The summed E-state index contributed by atoms with van der Waals surface area (Å²) in [6.45, 7) is 13.1. The summed E-state index contributed by atoms with van der Waals surface area (Å²) >= 11 is 6.38. The maximum Gasteiger partial charge on any atom is 0.0847 e. The molecule has 1 N–H and O–H groups in total. The second-order valence-corrected chi connectivity index (χ2v) is 6.51. The Bertz CT molecular complexity index is 412. The minimum Gasteiger partial charge on any atom is -0.316 e. The van der Waals surface area contributed by atoms with Crippen LogP contribution in [0.5, 0.6) is 0 Å². The third kappa shape index (κ3) is 3.96. The molecule has 0 fully saturated rings. The molecule has 110 valence electrons. The highest BCUT2D eigenvalue weighted by atomic mass is 35.5. The first-order valence-electron chi connectivity index (χ1n) is 7.20. The van der Waals surface area contributed by atoms with Crippen molar-refractivity contribution in [1.29, 1.82) is 0 Å².